The minimum Gasteiger partial charge on any atom is -0.349 e. The summed E-state index contributed by atoms with van der Waals surface area (Å²) in [7, 11) is -3.99. The molecule has 9 heteroatoms. The van der Waals surface area contributed by atoms with E-state index < -0.39 is 15.8 Å². The highest BCUT2D eigenvalue weighted by atomic mass is 32.2. The third-order valence-corrected chi connectivity index (χ3v) is 7.40. The zero-order valence-electron chi connectivity index (χ0n) is 18.9. The van der Waals surface area contributed by atoms with Gasteiger partial charge in [0.1, 0.15) is 5.82 Å². The summed E-state index contributed by atoms with van der Waals surface area (Å²) in [6.45, 7) is 5.26. The average Bonchev–Trinajstić information content (AvgIpc) is 2.81. The van der Waals surface area contributed by atoms with Crippen LogP contribution in [0.4, 0.5) is 10.1 Å². The summed E-state index contributed by atoms with van der Waals surface area (Å²) in [6, 6.07) is 10.9. The predicted octanol–water partition coefficient (Wildman–Crippen LogP) is 3.78. The molecule has 3 rings (SSSR count). The molecule has 0 aromatic heterocycles. The van der Waals surface area contributed by atoms with Crippen molar-refractivity contribution >= 4 is 27.5 Å². The number of amides is 2. The van der Waals surface area contributed by atoms with E-state index in [1.165, 1.54) is 42.5 Å². The summed E-state index contributed by atoms with van der Waals surface area (Å²) in [5.74, 6) is -0.736. The molecule has 1 heterocycles. The molecule has 2 aromatic rings. The molecule has 0 aliphatic carbocycles. The van der Waals surface area contributed by atoms with Crippen LogP contribution in [0.3, 0.4) is 0 Å². The fourth-order valence-electron chi connectivity index (χ4n) is 3.94. The number of para-hydroxylation sites is 1. The van der Waals surface area contributed by atoms with Gasteiger partial charge in [-0.3, -0.25) is 14.3 Å². The number of piperidine rings is 1. The van der Waals surface area contributed by atoms with E-state index in [0.29, 0.717) is 31.5 Å². The molecule has 7 nitrogen and oxygen atoms in total. The van der Waals surface area contributed by atoms with Crippen molar-refractivity contribution in [2.45, 2.75) is 50.5 Å². The van der Waals surface area contributed by atoms with E-state index in [1.807, 2.05) is 18.7 Å². The largest absolute Gasteiger partial charge is 0.349 e. The van der Waals surface area contributed by atoms with Crippen LogP contribution in [-0.4, -0.2) is 44.3 Å². The second-order valence-corrected chi connectivity index (χ2v) is 9.88. The van der Waals surface area contributed by atoms with Crippen molar-refractivity contribution in [3.8, 4) is 0 Å². The van der Waals surface area contributed by atoms with Gasteiger partial charge in [-0.2, -0.15) is 0 Å². The molecule has 33 heavy (non-hydrogen) atoms. The molecule has 0 saturated carbocycles. The molecule has 0 radical (unpaired) electrons. The highest BCUT2D eigenvalue weighted by Gasteiger charge is 2.27. The van der Waals surface area contributed by atoms with Crippen molar-refractivity contribution < 1.29 is 22.4 Å². The summed E-state index contributed by atoms with van der Waals surface area (Å²) >= 11 is 0. The lowest BCUT2D eigenvalue weighted by Gasteiger charge is -2.34. The van der Waals surface area contributed by atoms with Crippen LogP contribution >= 0.6 is 0 Å². The molecule has 0 atom stereocenters. The first-order chi connectivity index (χ1) is 15.7. The Hall–Kier alpha value is -2.94. The topological polar surface area (TPSA) is 95.6 Å². The minimum atomic E-state index is -3.99. The molecule has 2 aromatic carbocycles. The number of carbonyl (C=O) groups excluding carboxylic acids is 2. The van der Waals surface area contributed by atoms with Gasteiger partial charge in [0.25, 0.3) is 15.9 Å². The Kier molecular flexibility index (Phi) is 8.07. The van der Waals surface area contributed by atoms with E-state index >= 15 is 0 Å². The van der Waals surface area contributed by atoms with E-state index in [0.717, 1.165) is 18.9 Å². The lowest BCUT2D eigenvalue weighted by atomic mass is 9.98. The molecule has 0 bridgehead atoms. The summed E-state index contributed by atoms with van der Waals surface area (Å²) in [6.07, 6.45) is 3.01. The van der Waals surface area contributed by atoms with Gasteiger partial charge in [-0.1, -0.05) is 26.0 Å². The van der Waals surface area contributed by atoms with E-state index in [1.54, 1.807) is 0 Å². The summed E-state index contributed by atoms with van der Waals surface area (Å²) in [5, 5.41) is 2.97. The molecular weight excluding hydrogens is 445 g/mol. The number of rotatable bonds is 8. The smallest absolute Gasteiger partial charge is 0.261 e. The number of benzene rings is 2. The molecule has 1 aliphatic rings. The molecule has 178 valence electrons. The molecule has 1 fully saturated rings. The molecular formula is C24H30FN3O4S. The number of hydrogen-bond donors (Lipinski definition) is 2. The summed E-state index contributed by atoms with van der Waals surface area (Å²) < 4.78 is 41.0. The van der Waals surface area contributed by atoms with E-state index in [2.05, 4.69) is 10.0 Å². The van der Waals surface area contributed by atoms with Crippen LogP contribution in [0.5, 0.6) is 0 Å². The molecule has 0 unspecified atom stereocenters. The lowest BCUT2D eigenvalue weighted by molar-refractivity contribution is -0.136. The van der Waals surface area contributed by atoms with Crippen LogP contribution in [0.1, 0.15) is 49.9 Å². The first-order valence-electron chi connectivity index (χ1n) is 11.2. The van der Waals surface area contributed by atoms with E-state index in [-0.39, 0.29) is 34.4 Å². The van der Waals surface area contributed by atoms with Gasteiger partial charge in [0.15, 0.2) is 0 Å². The lowest BCUT2D eigenvalue weighted by Crippen LogP contribution is -2.48. The Balaban J connectivity index is 1.57. The third-order valence-electron chi connectivity index (χ3n) is 6.02. The molecule has 2 amide bonds. The Bertz CT molecular complexity index is 1080. The van der Waals surface area contributed by atoms with Crippen molar-refractivity contribution in [2.75, 3.05) is 17.8 Å². The fourth-order valence-corrected chi connectivity index (χ4v) is 5.01. The van der Waals surface area contributed by atoms with Gasteiger partial charge in [-0.15, -0.1) is 0 Å². The van der Waals surface area contributed by atoms with Gasteiger partial charge in [0.05, 0.1) is 10.6 Å². The number of carbonyl (C=O) groups is 2. The number of likely N-dealkylation sites (tertiary alicyclic amines) is 1. The van der Waals surface area contributed by atoms with E-state index in [9.17, 15) is 22.4 Å². The summed E-state index contributed by atoms with van der Waals surface area (Å²) in [5.41, 5.74) is 0.184. The van der Waals surface area contributed by atoms with Crippen molar-refractivity contribution in [1.29, 1.82) is 0 Å². The second kappa shape index (κ2) is 10.8. The number of anilines is 1. The summed E-state index contributed by atoms with van der Waals surface area (Å²) in [4.78, 5) is 26.9. The number of nitrogens with one attached hydrogen (secondary N) is 2. The molecule has 0 spiro atoms. The minimum absolute atomic E-state index is 0.0469. The molecule has 1 aliphatic heterocycles. The molecule has 1 saturated heterocycles. The zero-order valence-corrected chi connectivity index (χ0v) is 19.7. The number of halogens is 1. The number of sulfonamides is 1. The van der Waals surface area contributed by atoms with Crippen molar-refractivity contribution in [2.24, 2.45) is 5.92 Å². The normalized spacial score (nSPS) is 14.8. The van der Waals surface area contributed by atoms with Crippen LogP contribution in [0.2, 0.25) is 0 Å². The predicted molar refractivity (Wildman–Crippen MR) is 125 cm³/mol. The van der Waals surface area contributed by atoms with Gasteiger partial charge in [0, 0.05) is 30.6 Å². The van der Waals surface area contributed by atoms with Crippen molar-refractivity contribution in [3.05, 3.63) is 59.9 Å². The van der Waals surface area contributed by atoms with Gasteiger partial charge >= 0.3 is 0 Å². The van der Waals surface area contributed by atoms with Crippen LogP contribution in [0.15, 0.2) is 53.4 Å². The van der Waals surface area contributed by atoms with Gasteiger partial charge in [0.2, 0.25) is 5.91 Å². The Morgan fingerprint density at radius 1 is 1.03 bits per heavy atom. The quantitative estimate of drug-likeness (QED) is 0.607. The maximum absolute atomic E-state index is 13.8. The average molecular weight is 476 g/mol. The monoisotopic (exact) mass is 475 g/mol. The zero-order chi connectivity index (χ0) is 24.0. The SMILES string of the molecule is CCC(CC)C(=O)N1CCC(NC(=O)c2ccc(S(=O)(=O)Nc3ccccc3F)cc2)CC1. The Morgan fingerprint density at radius 2 is 1.64 bits per heavy atom. The second-order valence-electron chi connectivity index (χ2n) is 8.20. The van der Waals surface area contributed by atoms with Crippen LogP contribution in [-0.2, 0) is 14.8 Å². The Morgan fingerprint density at radius 3 is 2.21 bits per heavy atom. The highest BCUT2D eigenvalue weighted by Crippen LogP contribution is 2.20. The highest BCUT2D eigenvalue weighted by molar-refractivity contribution is 7.92. The van der Waals surface area contributed by atoms with Gasteiger partial charge in [-0.25, -0.2) is 12.8 Å². The van der Waals surface area contributed by atoms with Crippen molar-refractivity contribution in [3.63, 3.8) is 0 Å². The van der Waals surface area contributed by atoms with Crippen molar-refractivity contribution in [1.82, 2.24) is 10.2 Å². The Labute approximate surface area is 194 Å². The maximum atomic E-state index is 13.8. The fraction of sp³-hybridized carbons (Fsp3) is 0.417. The first kappa shape index (κ1) is 24.7. The van der Waals surface area contributed by atoms with Gasteiger partial charge < -0.3 is 10.2 Å². The number of hydrogen-bond acceptors (Lipinski definition) is 4. The van der Waals surface area contributed by atoms with Gasteiger partial charge in [-0.05, 0) is 62.1 Å². The van der Waals surface area contributed by atoms with Crippen LogP contribution in [0, 0.1) is 11.7 Å². The standard InChI is InChI=1S/C24H30FN3O4S/c1-3-17(4-2)24(30)28-15-13-19(14-16-28)26-23(29)18-9-11-20(12-10-18)33(31,32)27-22-8-6-5-7-21(22)25/h5-12,17,19,27H,3-4,13-16H2,1-2H3,(H,26,29). The third kappa shape index (κ3) is 6.10. The number of nitrogens with zero attached hydrogens (tertiary/aromatic N) is 1. The first-order valence-corrected chi connectivity index (χ1v) is 12.7. The molecule has 2 N–H and O–H groups in total. The maximum Gasteiger partial charge on any atom is 0.261 e. The van der Waals surface area contributed by atoms with Crippen LogP contribution < -0.4 is 10.0 Å². The van der Waals surface area contributed by atoms with Crippen LogP contribution in [0.25, 0.3) is 0 Å². The van der Waals surface area contributed by atoms with E-state index in [4.69, 9.17) is 0 Å².